The van der Waals surface area contributed by atoms with Crippen molar-refractivity contribution >= 4 is 21.8 Å². The first-order valence-corrected chi connectivity index (χ1v) is 6.01. The number of carbonyl (C=O) groups excluding carboxylic acids is 1. The molecule has 1 heterocycles. The van der Waals surface area contributed by atoms with Gasteiger partial charge >= 0.3 is 0 Å². The first kappa shape index (κ1) is 13.9. The molecule has 0 aromatic carbocycles. The molecule has 1 amide bonds. The molecule has 0 aliphatic heterocycles. The van der Waals surface area contributed by atoms with Crippen LogP contribution in [0.15, 0.2) is 35.0 Å². The lowest BCUT2D eigenvalue weighted by Crippen LogP contribution is -2.28. The summed E-state index contributed by atoms with van der Waals surface area (Å²) < 4.78 is 5.95. The zero-order valence-corrected chi connectivity index (χ0v) is 11.3. The summed E-state index contributed by atoms with van der Waals surface area (Å²) in [6, 6.07) is 3.54. The third-order valence-electron chi connectivity index (χ3n) is 1.85. The van der Waals surface area contributed by atoms with Gasteiger partial charge in [-0.25, -0.2) is 4.98 Å². The SMILES string of the molecule is C=C(C)COCCNC(=O)c1ncccc1Br. The van der Waals surface area contributed by atoms with Gasteiger partial charge in [-0.05, 0) is 35.0 Å². The Balaban J connectivity index is 2.31. The number of halogens is 1. The molecule has 0 aliphatic rings. The fraction of sp³-hybridized carbons (Fsp3) is 0.333. The Kier molecular flexibility index (Phi) is 5.86. The van der Waals surface area contributed by atoms with Crippen LogP contribution in [0.2, 0.25) is 0 Å². The van der Waals surface area contributed by atoms with Crippen LogP contribution in [0.4, 0.5) is 0 Å². The first-order valence-electron chi connectivity index (χ1n) is 5.22. The smallest absolute Gasteiger partial charge is 0.271 e. The first-order chi connectivity index (χ1) is 8.11. The average molecular weight is 299 g/mol. The van der Waals surface area contributed by atoms with Crippen molar-refractivity contribution in [2.45, 2.75) is 6.92 Å². The van der Waals surface area contributed by atoms with Gasteiger partial charge in [0.15, 0.2) is 0 Å². The summed E-state index contributed by atoms with van der Waals surface area (Å²) in [7, 11) is 0. The fourth-order valence-electron chi connectivity index (χ4n) is 1.12. The molecule has 0 spiro atoms. The molecular formula is C12H15BrN2O2. The number of hydrogen-bond acceptors (Lipinski definition) is 3. The van der Waals surface area contributed by atoms with E-state index in [1.807, 2.05) is 6.92 Å². The Morgan fingerprint density at radius 2 is 2.41 bits per heavy atom. The molecule has 0 fully saturated rings. The van der Waals surface area contributed by atoms with Crippen LogP contribution in [-0.4, -0.2) is 30.6 Å². The highest BCUT2D eigenvalue weighted by Gasteiger charge is 2.09. The lowest BCUT2D eigenvalue weighted by Gasteiger charge is -2.06. The van der Waals surface area contributed by atoms with Crippen LogP contribution in [0.1, 0.15) is 17.4 Å². The monoisotopic (exact) mass is 298 g/mol. The number of aromatic nitrogens is 1. The lowest BCUT2D eigenvalue weighted by atomic mass is 10.3. The molecule has 17 heavy (non-hydrogen) atoms. The van der Waals surface area contributed by atoms with Crippen LogP contribution in [-0.2, 0) is 4.74 Å². The van der Waals surface area contributed by atoms with Gasteiger partial charge in [-0.3, -0.25) is 4.79 Å². The highest BCUT2D eigenvalue weighted by atomic mass is 79.9. The maximum Gasteiger partial charge on any atom is 0.271 e. The molecule has 0 bridgehead atoms. The van der Waals surface area contributed by atoms with Crippen LogP contribution < -0.4 is 5.32 Å². The molecule has 0 atom stereocenters. The van der Waals surface area contributed by atoms with E-state index in [1.54, 1.807) is 18.3 Å². The third kappa shape index (κ3) is 5.10. The minimum absolute atomic E-state index is 0.212. The summed E-state index contributed by atoms with van der Waals surface area (Å²) in [6.45, 7) is 7.04. The van der Waals surface area contributed by atoms with Gasteiger partial charge in [0.1, 0.15) is 5.69 Å². The number of carbonyl (C=O) groups is 1. The van der Waals surface area contributed by atoms with E-state index in [4.69, 9.17) is 4.74 Å². The Bertz CT molecular complexity index is 407. The summed E-state index contributed by atoms with van der Waals surface area (Å²) in [6.07, 6.45) is 1.58. The molecule has 92 valence electrons. The number of amides is 1. The molecule has 5 heteroatoms. The molecule has 0 saturated carbocycles. The van der Waals surface area contributed by atoms with Gasteiger partial charge in [-0.2, -0.15) is 0 Å². The lowest BCUT2D eigenvalue weighted by molar-refractivity contribution is 0.0921. The summed E-state index contributed by atoms with van der Waals surface area (Å²) >= 11 is 3.27. The second-order valence-corrected chi connectivity index (χ2v) is 4.45. The molecule has 1 rings (SSSR count). The highest BCUT2D eigenvalue weighted by Crippen LogP contribution is 2.12. The molecule has 4 nitrogen and oxygen atoms in total. The van der Waals surface area contributed by atoms with Crippen LogP contribution in [0.5, 0.6) is 0 Å². The standard InChI is InChI=1S/C12H15BrN2O2/c1-9(2)8-17-7-6-15-12(16)11-10(13)4-3-5-14-11/h3-5H,1,6-8H2,2H3,(H,15,16). The average Bonchev–Trinajstić information content (AvgIpc) is 2.28. The van der Waals surface area contributed by atoms with E-state index in [0.717, 1.165) is 5.57 Å². The zero-order chi connectivity index (χ0) is 12.7. The van der Waals surface area contributed by atoms with Crippen molar-refractivity contribution in [3.63, 3.8) is 0 Å². The Labute approximate surface area is 109 Å². The van der Waals surface area contributed by atoms with Gasteiger partial charge < -0.3 is 10.1 Å². The zero-order valence-electron chi connectivity index (χ0n) is 9.70. The largest absolute Gasteiger partial charge is 0.375 e. The van der Waals surface area contributed by atoms with Crippen molar-refractivity contribution in [1.29, 1.82) is 0 Å². The third-order valence-corrected chi connectivity index (χ3v) is 2.49. The summed E-state index contributed by atoms with van der Waals surface area (Å²) in [5.41, 5.74) is 1.34. The number of nitrogens with zero attached hydrogens (tertiary/aromatic N) is 1. The van der Waals surface area contributed by atoms with Gasteiger partial charge in [0.05, 0.1) is 13.2 Å². The van der Waals surface area contributed by atoms with Crippen LogP contribution in [0, 0.1) is 0 Å². The van der Waals surface area contributed by atoms with Gasteiger partial charge in [0.2, 0.25) is 0 Å². The quantitative estimate of drug-likeness (QED) is 0.647. The van der Waals surface area contributed by atoms with E-state index in [2.05, 4.69) is 32.8 Å². The van der Waals surface area contributed by atoms with Crippen molar-refractivity contribution in [2.75, 3.05) is 19.8 Å². The van der Waals surface area contributed by atoms with E-state index >= 15 is 0 Å². The van der Waals surface area contributed by atoms with Gasteiger partial charge in [-0.15, -0.1) is 0 Å². The Hall–Kier alpha value is -1.20. The van der Waals surface area contributed by atoms with Crippen molar-refractivity contribution in [3.05, 3.63) is 40.6 Å². The van der Waals surface area contributed by atoms with Gasteiger partial charge in [0.25, 0.3) is 5.91 Å². The van der Waals surface area contributed by atoms with E-state index in [0.29, 0.717) is 29.9 Å². The van der Waals surface area contributed by atoms with E-state index < -0.39 is 0 Å². The predicted molar refractivity (Wildman–Crippen MR) is 69.9 cm³/mol. The minimum atomic E-state index is -0.212. The van der Waals surface area contributed by atoms with Crippen molar-refractivity contribution < 1.29 is 9.53 Å². The second kappa shape index (κ2) is 7.19. The number of hydrogen-bond donors (Lipinski definition) is 1. The molecule has 1 aromatic rings. The highest BCUT2D eigenvalue weighted by molar-refractivity contribution is 9.10. The predicted octanol–water partition coefficient (Wildman–Crippen LogP) is 2.17. The normalized spacial score (nSPS) is 10.0. The van der Waals surface area contributed by atoms with Gasteiger partial charge in [0, 0.05) is 17.2 Å². The van der Waals surface area contributed by atoms with E-state index in [1.165, 1.54) is 0 Å². The van der Waals surface area contributed by atoms with E-state index in [-0.39, 0.29) is 5.91 Å². The van der Waals surface area contributed by atoms with Crippen LogP contribution >= 0.6 is 15.9 Å². The maximum absolute atomic E-state index is 11.7. The van der Waals surface area contributed by atoms with Crippen molar-refractivity contribution in [1.82, 2.24) is 10.3 Å². The number of ether oxygens (including phenoxy) is 1. The molecular weight excluding hydrogens is 284 g/mol. The minimum Gasteiger partial charge on any atom is -0.375 e. The van der Waals surface area contributed by atoms with Crippen LogP contribution in [0.3, 0.4) is 0 Å². The number of rotatable bonds is 6. The topological polar surface area (TPSA) is 51.2 Å². The van der Waals surface area contributed by atoms with Crippen molar-refractivity contribution in [3.8, 4) is 0 Å². The maximum atomic E-state index is 11.7. The number of pyridine rings is 1. The molecule has 0 radical (unpaired) electrons. The Morgan fingerprint density at radius 1 is 1.65 bits per heavy atom. The second-order valence-electron chi connectivity index (χ2n) is 3.60. The summed E-state index contributed by atoms with van der Waals surface area (Å²) in [5.74, 6) is -0.212. The van der Waals surface area contributed by atoms with E-state index in [9.17, 15) is 4.79 Å². The molecule has 0 saturated heterocycles. The number of nitrogens with one attached hydrogen (secondary N) is 1. The molecule has 1 aromatic heterocycles. The fourth-order valence-corrected chi connectivity index (χ4v) is 1.55. The van der Waals surface area contributed by atoms with Gasteiger partial charge in [-0.1, -0.05) is 12.2 Å². The molecule has 0 unspecified atom stereocenters. The molecule has 0 aliphatic carbocycles. The van der Waals surface area contributed by atoms with Crippen LogP contribution in [0.25, 0.3) is 0 Å². The molecule has 1 N–H and O–H groups in total. The van der Waals surface area contributed by atoms with Crippen molar-refractivity contribution in [2.24, 2.45) is 0 Å². The summed E-state index contributed by atoms with van der Waals surface area (Å²) in [5, 5.41) is 2.73. The summed E-state index contributed by atoms with van der Waals surface area (Å²) in [4.78, 5) is 15.7. The Morgan fingerprint density at radius 3 is 3.06 bits per heavy atom.